The monoisotopic (exact) mass is 516 g/mol. The number of aromatic nitrogens is 2. The number of fused-ring (bicyclic) bond motifs is 1. The molecule has 2 aromatic rings. The fourth-order valence-corrected chi connectivity index (χ4v) is 5.07. The zero-order chi connectivity index (χ0) is 25.7. The molecule has 3 unspecified atom stereocenters. The minimum absolute atomic E-state index is 0.0713. The molecule has 2 heterocycles. The van der Waals surface area contributed by atoms with Gasteiger partial charge < -0.3 is 21.3 Å². The Kier molecular flexibility index (Phi) is 6.60. The molecule has 3 atom stereocenters. The fraction of sp³-hybridized carbons (Fsp3) is 0.500. The highest BCUT2D eigenvalue weighted by molar-refractivity contribution is 6.31. The van der Waals surface area contributed by atoms with Gasteiger partial charge in [0.25, 0.3) is 5.91 Å². The van der Waals surface area contributed by atoms with Gasteiger partial charge in [-0.1, -0.05) is 11.6 Å². The molecule has 35 heavy (non-hydrogen) atoms. The van der Waals surface area contributed by atoms with Gasteiger partial charge in [0, 0.05) is 31.7 Å². The molecule has 1 aromatic heterocycles. The van der Waals surface area contributed by atoms with E-state index in [0.29, 0.717) is 37.3 Å². The highest BCUT2D eigenvalue weighted by atomic mass is 35.5. The molecule has 2 fully saturated rings. The summed E-state index contributed by atoms with van der Waals surface area (Å²) in [6.45, 7) is 1.56. The Hall–Kier alpha value is -3.02. The van der Waals surface area contributed by atoms with Crippen LogP contribution < -0.4 is 16.4 Å². The van der Waals surface area contributed by atoms with Gasteiger partial charge in [0.1, 0.15) is 23.2 Å². The minimum Gasteiger partial charge on any atom is -0.383 e. The average molecular weight is 517 g/mol. The quantitative estimate of drug-likeness (QED) is 0.531. The predicted molar refractivity (Wildman–Crippen MR) is 122 cm³/mol. The molecule has 1 saturated heterocycles. The largest absolute Gasteiger partial charge is 0.408 e. The molecular weight excluding hydrogens is 492 g/mol. The highest BCUT2D eigenvalue weighted by Gasteiger charge is 2.46. The van der Waals surface area contributed by atoms with Crippen LogP contribution in [0.2, 0.25) is 5.02 Å². The van der Waals surface area contributed by atoms with Gasteiger partial charge in [-0.15, -0.1) is 0 Å². The van der Waals surface area contributed by atoms with Gasteiger partial charge >= 0.3 is 12.2 Å². The van der Waals surface area contributed by atoms with Crippen molar-refractivity contribution in [2.24, 2.45) is 18.9 Å². The Labute approximate surface area is 203 Å². The number of benzene rings is 1. The SMILES string of the molecule is CC(NC(=O)N1CC2CC(c3nn(C)c(N)c3C(=O)Nc3ccc(F)c(Cl)c3)CC2C1)C(F)(F)F. The van der Waals surface area contributed by atoms with Crippen LogP contribution in [-0.2, 0) is 7.05 Å². The topological polar surface area (TPSA) is 105 Å². The van der Waals surface area contributed by atoms with Crippen LogP contribution in [0.4, 0.5) is 33.9 Å². The third kappa shape index (κ3) is 5.02. The van der Waals surface area contributed by atoms with E-state index in [2.05, 4.69) is 10.4 Å². The number of rotatable bonds is 4. The molecule has 4 N–H and O–H groups in total. The normalized spacial score (nSPS) is 22.7. The summed E-state index contributed by atoms with van der Waals surface area (Å²) in [7, 11) is 1.62. The van der Waals surface area contributed by atoms with Gasteiger partial charge in [-0.2, -0.15) is 18.3 Å². The number of likely N-dealkylation sites (tertiary alicyclic amines) is 1. The van der Waals surface area contributed by atoms with E-state index < -0.39 is 30.0 Å². The molecule has 0 radical (unpaired) electrons. The lowest BCUT2D eigenvalue weighted by atomic mass is 9.97. The van der Waals surface area contributed by atoms with Crippen LogP contribution in [0.5, 0.6) is 0 Å². The molecular formula is C22H25ClF4N6O2. The summed E-state index contributed by atoms with van der Waals surface area (Å²) >= 11 is 5.80. The van der Waals surface area contributed by atoms with Crippen LogP contribution >= 0.6 is 11.6 Å². The number of nitrogens with one attached hydrogen (secondary N) is 2. The summed E-state index contributed by atoms with van der Waals surface area (Å²) in [5.74, 6) is -0.911. The van der Waals surface area contributed by atoms with E-state index in [1.54, 1.807) is 7.05 Å². The van der Waals surface area contributed by atoms with Crippen molar-refractivity contribution in [3.63, 3.8) is 0 Å². The Morgan fingerprint density at radius 3 is 2.43 bits per heavy atom. The molecule has 190 valence electrons. The summed E-state index contributed by atoms with van der Waals surface area (Å²) in [5.41, 5.74) is 7.17. The minimum atomic E-state index is -4.51. The van der Waals surface area contributed by atoms with Gasteiger partial charge in [0.15, 0.2) is 0 Å². The second-order valence-corrected chi connectivity index (χ2v) is 9.57. The first-order valence-corrected chi connectivity index (χ1v) is 11.4. The number of urea groups is 1. The van der Waals surface area contributed by atoms with Crippen LogP contribution in [0.25, 0.3) is 0 Å². The lowest BCUT2D eigenvalue weighted by molar-refractivity contribution is -0.149. The third-order valence-electron chi connectivity index (χ3n) is 6.78. The Bertz CT molecular complexity index is 1140. The number of halogens is 5. The first-order chi connectivity index (χ1) is 16.3. The van der Waals surface area contributed by atoms with Crippen molar-refractivity contribution in [1.29, 1.82) is 0 Å². The van der Waals surface area contributed by atoms with Crippen molar-refractivity contribution in [1.82, 2.24) is 20.0 Å². The molecule has 2 aliphatic rings. The smallest absolute Gasteiger partial charge is 0.383 e. The Balaban J connectivity index is 1.45. The molecule has 1 saturated carbocycles. The van der Waals surface area contributed by atoms with Crippen molar-refractivity contribution in [2.45, 2.75) is 37.9 Å². The van der Waals surface area contributed by atoms with E-state index in [9.17, 15) is 27.2 Å². The van der Waals surface area contributed by atoms with Crippen molar-refractivity contribution >= 4 is 35.0 Å². The van der Waals surface area contributed by atoms with Crippen LogP contribution in [0.15, 0.2) is 18.2 Å². The van der Waals surface area contributed by atoms with Crippen LogP contribution in [0, 0.1) is 17.7 Å². The molecule has 8 nitrogen and oxygen atoms in total. The number of hydrogen-bond acceptors (Lipinski definition) is 4. The molecule has 3 amide bonds. The maximum absolute atomic E-state index is 13.4. The second-order valence-electron chi connectivity index (χ2n) is 9.16. The van der Waals surface area contributed by atoms with Gasteiger partial charge in [0.05, 0.1) is 10.7 Å². The van der Waals surface area contributed by atoms with Crippen molar-refractivity contribution in [3.8, 4) is 0 Å². The Morgan fingerprint density at radius 1 is 1.23 bits per heavy atom. The summed E-state index contributed by atoms with van der Waals surface area (Å²) in [5, 5.41) is 9.00. The van der Waals surface area contributed by atoms with E-state index in [1.807, 2.05) is 5.32 Å². The molecule has 0 spiro atoms. The maximum atomic E-state index is 13.4. The number of carbonyl (C=O) groups is 2. The van der Waals surface area contributed by atoms with E-state index in [4.69, 9.17) is 17.3 Å². The van der Waals surface area contributed by atoms with Gasteiger partial charge in [-0.25, -0.2) is 9.18 Å². The molecule has 4 rings (SSSR count). The first kappa shape index (κ1) is 25.1. The summed E-state index contributed by atoms with van der Waals surface area (Å²) in [4.78, 5) is 26.8. The zero-order valence-electron chi connectivity index (χ0n) is 19.0. The number of nitrogens with zero attached hydrogens (tertiary/aromatic N) is 3. The number of nitrogen functional groups attached to an aromatic ring is 1. The molecule has 0 bridgehead atoms. The summed E-state index contributed by atoms with van der Waals surface area (Å²) in [6, 6.07) is 1.14. The summed E-state index contributed by atoms with van der Waals surface area (Å²) in [6.07, 6.45) is -3.28. The number of alkyl halides is 3. The Morgan fingerprint density at radius 2 is 1.86 bits per heavy atom. The number of anilines is 2. The van der Waals surface area contributed by atoms with Gasteiger partial charge in [0.2, 0.25) is 0 Å². The van der Waals surface area contributed by atoms with Crippen LogP contribution in [0.1, 0.15) is 41.7 Å². The van der Waals surface area contributed by atoms with E-state index in [1.165, 1.54) is 21.7 Å². The average Bonchev–Trinajstić information content (AvgIpc) is 3.42. The lowest BCUT2D eigenvalue weighted by Crippen LogP contribution is -2.48. The summed E-state index contributed by atoms with van der Waals surface area (Å²) < 4.78 is 53.2. The van der Waals surface area contributed by atoms with Gasteiger partial charge in [-0.05, 0) is 49.8 Å². The standard InChI is InChI=1S/C22H25ClF4N6O2/c1-10(22(25,26)27)29-21(35)33-8-12-5-11(6-13(12)9-33)18-17(19(28)32(2)31-18)20(34)30-14-3-4-16(24)15(23)7-14/h3-4,7,10-13H,5-6,8-9,28H2,1-2H3,(H,29,35)(H,30,34). The van der Waals surface area contributed by atoms with Crippen molar-refractivity contribution in [2.75, 3.05) is 24.1 Å². The number of amides is 3. The highest BCUT2D eigenvalue weighted by Crippen LogP contribution is 2.47. The van der Waals surface area contributed by atoms with Crippen molar-refractivity contribution < 1.29 is 27.2 Å². The molecule has 1 aliphatic carbocycles. The van der Waals surface area contributed by atoms with E-state index >= 15 is 0 Å². The van der Waals surface area contributed by atoms with E-state index in [0.717, 1.165) is 13.0 Å². The second kappa shape index (κ2) is 9.21. The fourth-order valence-electron chi connectivity index (χ4n) is 4.89. The zero-order valence-corrected chi connectivity index (χ0v) is 19.8. The van der Waals surface area contributed by atoms with E-state index in [-0.39, 0.29) is 34.2 Å². The molecule has 1 aromatic carbocycles. The number of hydrogen-bond donors (Lipinski definition) is 3. The first-order valence-electron chi connectivity index (χ1n) is 11.1. The molecule has 13 heteroatoms. The maximum Gasteiger partial charge on any atom is 0.408 e. The lowest BCUT2D eigenvalue weighted by Gasteiger charge is -2.23. The predicted octanol–water partition coefficient (Wildman–Crippen LogP) is 4.13. The van der Waals surface area contributed by atoms with Crippen LogP contribution in [0.3, 0.4) is 0 Å². The number of carbonyl (C=O) groups excluding carboxylic acids is 2. The number of nitrogens with two attached hydrogens (primary N) is 1. The molecule has 1 aliphatic heterocycles. The third-order valence-corrected chi connectivity index (χ3v) is 7.07. The van der Waals surface area contributed by atoms with Crippen LogP contribution in [-0.4, -0.2) is 51.9 Å². The van der Waals surface area contributed by atoms with Crippen molar-refractivity contribution in [3.05, 3.63) is 40.3 Å². The number of aryl methyl sites for hydroxylation is 1. The van der Waals surface area contributed by atoms with Gasteiger partial charge in [-0.3, -0.25) is 9.48 Å².